The molecule has 0 saturated carbocycles. The van der Waals surface area contributed by atoms with E-state index in [-0.39, 0.29) is 0 Å². The van der Waals surface area contributed by atoms with Crippen molar-refractivity contribution in [3.63, 3.8) is 0 Å². The summed E-state index contributed by atoms with van der Waals surface area (Å²) in [5, 5.41) is 2.11. The van der Waals surface area contributed by atoms with Gasteiger partial charge in [0.2, 0.25) is 11.6 Å². The first kappa shape index (κ1) is 23.2. The third kappa shape index (κ3) is 2.94. The number of aromatic nitrogens is 6. The average Bonchev–Trinajstić information content (AvgIpc) is 3.87. The minimum Gasteiger partial charge on any atom is -0.456 e. The Morgan fingerprint density at radius 2 is 0.800 bits per heavy atom. The van der Waals surface area contributed by atoms with Gasteiger partial charge in [0.1, 0.15) is 11.2 Å². The van der Waals surface area contributed by atoms with Gasteiger partial charge in [-0.05, 0) is 84.9 Å². The van der Waals surface area contributed by atoms with Gasteiger partial charge in [-0.3, -0.25) is 17.9 Å². The van der Waals surface area contributed by atoms with E-state index in [1.54, 1.807) is 0 Å². The number of benzene rings is 6. The first-order chi connectivity index (χ1) is 22.3. The monoisotopic (exact) mass is 578 g/mol. The number of hydrogen-bond donors (Lipinski definition) is 0. The highest BCUT2D eigenvalue weighted by Gasteiger charge is 2.20. The summed E-state index contributed by atoms with van der Waals surface area (Å²) >= 11 is 0. The first-order valence-electron chi connectivity index (χ1n) is 15.0. The van der Waals surface area contributed by atoms with Crippen molar-refractivity contribution in [3.05, 3.63) is 133 Å². The van der Waals surface area contributed by atoms with E-state index in [1.807, 2.05) is 12.1 Å². The molecule has 0 amide bonds. The van der Waals surface area contributed by atoms with Gasteiger partial charge in [-0.15, -0.1) is 0 Å². The van der Waals surface area contributed by atoms with Crippen LogP contribution in [-0.4, -0.2) is 27.9 Å². The predicted molar refractivity (Wildman–Crippen MR) is 180 cm³/mol. The van der Waals surface area contributed by atoms with Gasteiger partial charge < -0.3 is 4.42 Å². The summed E-state index contributed by atoms with van der Waals surface area (Å²) in [5.41, 5.74) is 12.4. The summed E-state index contributed by atoms with van der Waals surface area (Å²) in [7, 11) is 0. The van der Waals surface area contributed by atoms with Gasteiger partial charge in [0.05, 0.1) is 55.5 Å². The lowest BCUT2D eigenvalue weighted by atomic mass is 10.1. The van der Waals surface area contributed by atoms with E-state index in [9.17, 15) is 0 Å². The lowest BCUT2D eigenvalue weighted by molar-refractivity contribution is 0.669. The number of furan rings is 1. The second-order valence-electron chi connectivity index (χ2n) is 11.6. The van der Waals surface area contributed by atoms with E-state index in [1.165, 1.54) is 0 Å². The van der Waals surface area contributed by atoms with Crippen LogP contribution in [0.3, 0.4) is 0 Å². The third-order valence-corrected chi connectivity index (χ3v) is 9.17. The van der Waals surface area contributed by atoms with Gasteiger partial charge in [0, 0.05) is 10.8 Å². The number of hydrogen-bond acceptors (Lipinski definition) is 3. The molecule has 0 fully saturated rings. The smallest absolute Gasteiger partial charge is 0.220 e. The molecule has 0 bridgehead atoms. The average molecular weight is 579 g/mol. The molecule has 0 aliphatic rings. The summed E-state index contributed by atoms with van der Waals surface area (Å²) < 4.78 is 15.4. The van der Waals surface area contributed by atoms with Crippen molar-refractivity contribution in [2.45, 2.75) is 0 Å². The molecule has 7 nitrogen and oxygen atoms in total. The number of imidazole rings is 4. The predicted octanol–water partition coefficient (Wildman–Crippen LogP) is 9.08. The van der Waals surface area contributed by atoms with Crippen LogP contribution in [0.5, 0.6) is 0 Å². The van der Waals surface area contributed by atoms with E-state index in [2.05, 4.69) is 139 Å². The van der Waals surface area contributed by atoms with Gasteiger partial charge in [-0.1, -0.05) is 48.5 Å². The molecule has 0 spiro atoms. The summed E-state index contributed by atoms with van der Waals surface area (Å²) in [6.07, 6.45) is 0. The van der Waals surface area contributed by atoms with Crippen LogP contribution in [0.15, 0.2) is 138 Å². The van der Waals surface area contributed by atoms with Gasteiger partial charge in [-0.25, -0.2) is 9.97 Å². The molecule has 5 heterocycles. The Morgan fingerprint density at radius 1 is 0.400 bits per heavy atom. The second-order valence-corrected chi connectivity index (χ2v) is 11.6. The molecular formula is C38H22N6O. The molecule has 11 aromatic rings. The Hall–Kier alpha value is -6.34. The van der Waals surface area contributed by atoms with Crippen molar-refractivity contribution in [3.8, 4) is 11.4 Å². The minimum absolute atomic E-state index is 0.848. The molecule has 0 saturated heterocycles. The Morgan fingerprint density at radius 3 is 1.27 bits per heavy atom. The van der Waals surface area contributed by atoms with Gasteiger partial charge in [0.15, 0.2) is 0 Å². The second kappa shape index (κ2) is 8.18. The van der Waals surface area contributed by atoms with E-state index < -0.39 is 0 Å². The number of para-hydroxylation sites is 8. The maximum atomic E-state index is 6.38. The standard InChI is InChI=1S/C38H22N6O/c1-3-11-29-27(9-1)39-37-41(31-13-5-7-15-33(31)43(29)37)23-17-19-35-25(21-23)26-22-24(18-20-36(26)45-35)42-32-14-6-8-16-34(32)44-30-12-4-2-10-28(30)40-38(42)44/h1-22H. The van der Waals surface area contributed by atoms with E-state index in [0.717, 1.165) is 89.0 Å². The van der Waals surface area contributed by atoms with Crippen molar-refractivity contribution in [2.24, 2.45) is 0 Å². The molecule has 7 heteroatoms. The normalized spacial score (nSPS) is 12.4. The lowest BCUT2D eigenvalue weighted by Crippen LogP contribution is -1.95. The summed E-state index contributed by atoms with van der Waals surface area (Å²) in [4.78, 5) is 10.1. The van der Waals surface area contributed by atoms with Gasteiger partial charge >= 0.3 is 0 Å². The SMILES string of the molecule is c1ccc2c(c1)nc1n(-c3ccc4oc5ccc(-n6c7ccccc7n7c8ccccc8nc67)cc5c4c3)c3ccccc3n21. The van der Waals surface area contributed by atoms with Crippen LogP contribution in [0.2, 0.25) is 0 Å². The number of nitrogens with zero attached hydrogens (tertiary/aromatic N) is 6. The zero-order valence-corrected chi connectivity index (χ0v) is 23.8. The zero-order chi connectivity index (χ0) is 29.2. The molecule has 45 heavy (non-hydrogen) atoms. The van der Waals surface area contributed by atoms with Crippen molar-refractivity contribution in [1.82, 2.24) is 27.9 Å². The van der Waals surface area contributed by atoms with Crippen LogP contribution in [0.4, 0.5) is 0 Å². The van der Waals surface area contributed by atoms with E-state index in [0.29, 0.717) is 0 Å². The topological polar surface area (TPSA) is 57.6 Å². The summed E-state index contributed by atoms with van der Waals surface area (Å²) in [5.74, 6) is 1.77. The zero-order valence-electron chi connectivity index (χ0n) is 23.8. The highest BCUT2D eigenvalue weighted by molar-refractivity contribution is 6.07. The Balaban J connectivity index is 1.19. The highest BCUT2D eigenvalue weighted by atomic mass is 16.3. The molecule has 0 radical (unpaired) electrons. The van der Waals surface area contributed by atoms with Gasteiger partial charge in [-0.2, -0.15) is 0 Å². The van der Waals surface area contributed by atoms with Crippen LogP contribution in [-0.2, 0) is 0 Å². The number of fused-ring (bicyclic) bond motifs is 13. The third-order valence-electron chi connectivity index (χ3n) is 9.17. The summed E-state index contributed by atoms with van der Waals surface area (Å²) in [6, 6.07) is 46.4. The number of rotatable bonds is 2. The van der Waals surface area contributed by atoms with E-state index in [4.69, 9.17) is 14.4 Å². The molecule has 0 atom stereocenters. The van der Waals surface area contributed by atoms with Crippen LogP contribution >= 0.6 is 0 Å². The van der Waals surface area contributed by atoms with Crippen LogP contribution in [0, 0.1) is 0 Å². The Kier molecular flexibility index (Phi) is 4.21. The molecule has 0 unspecified atom stereocenters. The molecular weight excluding hydrogens is 556 g/mol. The molecule has 210 valence electrons. The molecule has 6 aromatic carbocycles. The quantitative estimate of drug-likeness (QED) is 0.206. The largest absolute Gasteiger partial charge is 0.456 e. The molecule has 0 N–H and O–H groups in total. The maximum Gasteiger partial charge on any atom is 0.220 e. The van der Waals surface area contributed by atoms with Crippen molar-refractivity contribution in [1.29, 1.82) is 0 Å². The lowest BCUT2D eigenvalue weighted by Gasteiger charge is -2.06. The summed E-state index contributed by atoms with van der Waals surface area (Å²) in [6.45, 7) is 0. The fourth-order valence-corrected chi connectivity index (χ4v) is 7.24. The first-order valence-corrected chi connectivity index (χ1v) is 15.0. The van der Waals surface area contributed by atoms with Crippen molar-refractivity contribution in [2.75, 3.05) is 0 Å². The van der Waals surface area contributed by atoms with Crippen LogP contribution < -0.4 is 0 Å². The van der Waals surface area contributed by atoms with Crippen molar-refractivity contribution >= 4 is 77.6 Å². The molecule has 11 rings (SSSR count). The van der Waals surface area contributed by atoms with Crippen LogP contribution in [0.1, 0.15) is 0 Å². The molecule has 0 aliphatic heterocycles. The fraction of sp³-hybridized carbons (Fsp3) is 0. The highest BCUT2D eigenvalue weighted by Crippen LogP contribution is 2.36. The minimum atomic E-state index is 0.848. The molecule has 5 aromatic heterocycles. The Labute approximate surface area is 254 Å². The van der Waals surface area contributed by atoms with Gasteiger partial charge in [0.25, 0.3) is 0 Å². The molecule has 0 aliphatic carbocycles. The van der Waals surface area contributed by atoms with Crippen molar-refractivity contribution < 1.29 is 4.42 Å². The van der Waals surface area contributed by atoms with Crippen LogP contribution in [0.25, 0.3) is 89.0 Å². The fourth-order valence-electron chi connectivity index (χ4n) is 7.24. The maximum absolute atomic E-state index is 6.38. The van der Waals surface area contributed by atoms with E-state index >= 15 is 0 Å². The Bertz CT molecular complexity index is 2800.